The van der Waals surface area contributed by atoms with E-state index in [9.17, 15) is 10.1 Å². The van der Waals surface area contributed by atoms with Gasteiger partial charge in [-0.1, -0.05) is 0 Å². The van der Waals surface area contributed by atoms with Crippen LogP contribution in [0.25, 0.3) is 31.8 Å². The number of ether oxygens (including phenoxy) is 5. The Balaban J connectivity index is 1.29. The number of methoxy groups -OCH3 is 2. The molecule has 0 saturated heterocycles. The number of aromatic nitrogens is 4. The van der Waals surface area contributed by atoms with Gasteiger partial charge in [0.15, 0.2) is 18.1 Å². The molecule has 0 radical (unpaired) electrons. The lowest BCUT2D eigenvalue weighted by molar-refractivity contribution is -0.0718. The molecule has 1 aliphatic rings. The molecule has 41 heavy (non-hydrogen) atoms. The number of anilines is 1. The van der Waals surface area contributed by atoms with Gasteiger partial charge in [0.25, 0.3) is 6.29 Å². The van der Waals surface area contributed by atoms with Crippen LogP contribution in [0.3, 0.4) is 0 Å². The summed E-state index contributed by atoms with van der Waals surface area (Å²) >= 11 is 1.39. The summed E-state index contributed by atoms with van der Waals surface area (Å²) in [5.41, 5.74) is 4.31. The molecule has 5 aromatic rings. The maximum atomic E-state index is 12.8. The van der Waals surface area contributed by atoms with Gasteiger partial charge in [0.2, 0.25) is 11.8 Å². The van der Waals surface area contributed by atoms with Crippen molar-refractivity contribution in [3.8, 4) is 39.9 Å². The summed E-state index contributed by atoms with van der Waals surface area (Å²) in [6.07, 6.45) is 1.44. The van der Waals surface area contributed by atoms with E-state index < -0.39 is 12.4 Å². The van der Waals surface area contributed by atoms with Crippen molar-refractivity contribution in [3.05, 3.63) is 53.9 Å². The quantitative estimate of drug-likeness (QED) is 0.286. The molecule has 0 saturated carbocycles. The number of hydrogen-bond acceptors (Lipinski definition) is 12. The zero-order valence-electron chi connectivity index (χ0n) is 22.4. The van der Waals surface area contributed by atoms with E-state index >= 15 is 0 Å². The number of thiazole rings is 1. The molecule has 0 fully saturated rings. The molecule has 1 aliphatic heterocycles. The van der Waals surface area contributed by atoms with Crippen LogP contribution in [0.1, 0.15) is 11.1 Å². The molecule has 0 aliphatic carbocycles. The van der Waals surface area contributed by atoms with Crippen LogP contribution in [0.15, 0.2) is 42.7 Å². The Bertz CT molecular complexity index is 1850. The number of pyridine rings is 1. The van der Waals surface area contributed by atoms with Gasteiger partial charge in [0, 0.05) is 18.7 Å². The summed E-state index contributed by atoms with van der Waals surface area (Å²) in [6, 6.07) is 10.7. The fourth-order valence-corrected chi connectivity index (χ4v) is 5.48. The van der Waals surface area contributed by atoms with Gasteiger partial charge in [-0.3, -0.25) is 4.90 Å². The summed E-state index contributed by atoms with van der Waals surface area (Å²) < 4.78 is 28.7. The van der Waals surface area contributed by atoms with E-state index in [4.69, 9.17) is 28.7 Å². The third-order valence-electron chi connectivity index (χ3n) is 6.42. The average Bonchev–Trinajstić information content (AvgIpc) is 3.46. The van der Waals surface area contributed by atoms with Crippen molar-refractivity contribution in [2.24, 2.45) is 0 Å². The Morgan fingerprint density at radius 1 is 1.10 bits per heavy atom. The second-order valence-corrected chi connectivity index (χ2v) is 9.99. The van der Waals surface area contributed by atoms with Gasteiger partial charge in [0.1, 0.15) is 9.71 Å². The smallest absolute Gasteiger partial charge is 0.417 e. The van der Waals surface area contributed by atoms with Crippen molar-refractivity contribution in [2.75, 3.05) is 32.8 Å². The molecule has 1 amide bonds. The van der Waals surface area contributed by atoms with E-state index in [-0.39, 0.29) is 6.61 Å². The number of carbonyl (C=O) groups is 1. The highest BCUT2D eigenvalue weighted by Gasteiger charge is 2.30. The number of benzene rings is 2. The third-order valence-corrected chi connectivity index (χ3v) is 7.50. The Kier molecular flexibility index (Phi) is 6.60. The van der Waals surface area contributed by atoms with Gasteiger partial charge in [-0.05, 0) is 36.8 Å². The molecule has 0 unspecified atom stereocenters. The first-order valence-corrected chi connectivity index (χ1v) is 13.1. The van der Waals surface area contributed by atoms with Crippen molar-refractivity contribution < 1.29 is 28.5 Å². The minimum atomic E-state index is -0.964. The van der Waals surface area contributed by atoms with Gasteiger partial charge in [-0.25, -0.2) is 24.7 Å². The molecule has 0 N–H and O–H groups in total. The lowest BCUT2D eigenvalue weighted by atomic mass is 10.1. The topological polar surface area (TPSA) is 142 Å². The molecule has 206 valence electrons. The minimum absolute atomic E-state index is 0.0169. The summed E-state index contributed by atoms with van der Waals surface area (Å²) in [5, 5.41) is 10.3. The molecule has 13 heteroatoms. The van der Waals surface area contributed by atoms with E-state index in [1.807, 2.05) is 6.92 Å². The molecule has 0 bridgehead atoms. The number of nitrogens with zero attached hydrogens (tertiary/aromatic N) is 6. The summed E-state index contributed by atoms with van der Waals surface area (Å²) in [4.78, 5) is 32.0. The van der Waals surface area contributed by atoms with Gasteiger partial charge in [0.05, 0.1) is 60.5 Å². The van der Waals surface area contributed by atoms with Crippen molar-refractivity contribution in [3.63, 3.8) is 0 Å². The number of carbonyl (C=O) groups excluding carboxylic acids is 1. The second kappa shape index (κ2) is 10.4. The average molecular weight is 571 g/mol. The monoisotopic (exact) mass is 570 g/mol. The normalized spacial score (nSPS) is 14.0. The summed E-state index contributed by atoms with van der Waals surface area (Å²) in [6.45, 7) is 1.89. The van der Waals surface area contributed by atoms with E-state index in [0.717, 1.165) is 15.8 Å². The van der Waals surface area contributed by atoms with Crippen molar-refractivity contribution in [1.29, 1.82) is 5.26 Å². The van der Waals surface area contributed by atoms with Crippen LogP contribution in [0, 0.1) is 18.3 Å². The van der Waals surface area contributed by atoms with Gasteiger partial charge in [-0.2, -0.15) is 5.26 Å². The van der Waals surface area contributed by atoms with E-state index in [2.05, 4.69) is 21.0 Å². The number of amides is 1. The lowest BCUT2D eigenvalue weighted by Gasteiger charge is -2.28. The van der Waals surface area contributed by atoms with Crippen LogP contribution in [-0.4, -0.2) is 60.2 Å². The molecule has 0 spiro atoms. The first-order valence-electron chi connectivity index (χ1n) is 12.3. The summed E-state index contributed by atoms with van der Waals surface area (Å²) in [7, 11) is 4.59. The van der Waals surface area contributed by atoms with Crippen molar-refractivity contribution >= 4 is 44.4 Å². The minimum Gasteiger partial charge on any atom is -0.481 e. The standard InChI is InChI=1S/C28H22N6O6S/c1-14-7-19-25(38-13-22(39-19)40-28(35)34(2)16-5-6-20(36-3)30-11-16)26-23(14)33-27(41-26)17-8-15(10-29)9-18-24(17)31-12-21(32-18)37-4/h5-9,11-12,22H,13H2,1-4H3/t22-/m1/s1. The van der Waals surface area contributed by atoms with E-state index in [0.29, 0.717) is 56.1 Å². The number of rotatable bonds is 5. The molecule has 12 nitrogen and oxygen atoms in total. The Hall–Kier alpha value is -5.22. The third kappa shape index (κ3) is 4.74. The summed E-state index contributed by atoms with van der Waals surface area (Å²) in [5.74, 6) is 1.72. The second-order valence-electron chi connectivity index (χ2n) is 8.99. The molecule has 4 heterocycles. The van der Waals surface area contributed by atoms with Crippen LogP contribution in [0.5, 0.6) is 23.3 Å². The van der Waals surface area contributed by atoms with Crippen LogP contribution >= 0.6 is 11.3 Å². The fraction of sp³-hybridized carbons (Fsp3) is 0.214. The number of fused-ring (bicyclic) bond motifs is 4. The van der Waals surface area contributed by atoms with Crippen molar-refractivity contribution in [1.82, 2.24) is 19.9 Å². The zero-order chi connectivity index (χ0) is 28.7. The van der Waals surface area contributed by atoms with Crippen LogP contribution in [-0.2, 0) is 4.74 Å². The van der Waals surface area contributed by atoms with E-state index in [1.54, 1.807) is 37.4 Å². The lowest BCUT2D eigenvalue weighted by Crippen LogP contribution is -2.38. The van der Waals surface area contributed by atoms with Crippen LogP contribution < -0.4 is 23.8 Å². The van der Waals surface area contributed by atoms with Crippen LogP contribution in [0.2, 0.25) is 0 Å². The molecule has 2 aromatic carbocycles. The molecular formula is C28H22N6O6S. The molecule has 1 atom stereocenters. The highest BCUT2D eigenvalue weighted by atomic mass is 32.1. The maximum Gasteiger partial charge on any atom is 0.417 e. The van der Waals surface area contributed by atoms with Gasteiger partial charge in [-0.15, -0.1) is 11.3 Å². The molecule has 3 aromatic heterocycles. The first kappa shape index (κ1) is 26.0. The predicted molar refractivity (Wildman–Crippen MR) is 150 cm³/mol. The van der Waals surface area contributed by atoms with Gasteiger partial charge < -0.3 is 23.7 Å². The van der Waals surface area contributed by atoms with Crippen LogP contribution in [0.4, 0.5) is 10.5 Å². The highest BCUT2D eigenvalue weighted by molar-refractivity contribution is 7.22. The Labute approximate surface area is 237 Å². The van der Waals surface area contributed by atoms with Crippen molar-refractivity contribution in [2.45, 2.75) is 13.2 Å². The van der Waals surface area contributed by atoms with Gasteiger partial charge >= 0.3 is 6.09 Å². The Morgan fingerprint density at radius 3 is 2.66 bits per heavy atom. The Morgan fingerprint density at radius 2 is 1.93 bits per heavy atom. The number of nitriles is 1. The number of hydrogen-bond donors (Lipinski definition) is 0. The highest BCUT2D eigenvalue weighted by Crippen LogP contribution is 2.46. The molecular weight excluding hydrogens is 548 g/mol. The van der Waals surface area contributed by atoms with E-state index in [1.165, 1.54) is 42.8 Å². The number of aryl methyl sites for hydroxylation is 1. The molecule has 6 rings (SSSR count). The SMILES string of the molecule is COc1ccc(N(C)C(=O)O[C@@H]2COc3c(cc(C)c4nc(-c5cc(C#N)cc6nc(OC)cnc56)sc34)O2)cn1. The fourth-order valence-electron chi connectivity index (χ4n) is 4.33. The predicted octanol–water partition coefficient (Wildman–Crippen LogP) is 4.87. The first-order chi connectivity index (χ1) is 19.9. The maximum absolute atomic E-state index is 12.8. The zero-order valence-corrected chi connectivity index (χ0v) is 23.2. The largest absolute Gasteiger partial charge is 0.481 e.